The highest BCUT2D eigenvalue weighted by Crippen LogP contribution is 2.46. The van der Waals surface area contributed by atoms with Crippen molar-refractivity contribution in [3.05, 3.63) is 76.4 Å². The van der Waals surface area contributed by atoms with E-state index in [1.54, 1.807) is 62.8 Å². The summed E-state index contributed by atoms with van der Waals surface area (Å²) in [6.07, 6.45) is 4.67. The summed E-state index contributed by atoms with van der Waals surface area (Å²) in [7, 11) is 7.18. The average Bonchev–Trinajstić information content (AvgIpc) is 3.03. The van der Waals surface area contributed by atoms with Gasteiger partial charge in [-0.25, -0.2) is 19.7 Å². The fourth-order valence-electron chi connectivity index (χ4n) is 5.12. The highest BCUT2D eigenvalue weighted by atomic mass is 16.5. The summed E-state index contributed by atoms with van der Waals surface area (Å²) >= 11 is 0. The first kappa shape index (κ1) is 29.0. The number of pyridine rings is 3. The smallest absolute Gasteiger partial charge is 0.355 e. The topological polar surface area (TPSA) is 137 Å². The lowest BCUT2D eigenvalue weighted by molar-refractivity contribution is 0.0591. The van der Waals surface area contributed by atoms with E-state index in [0.717, 1.165) is 0 Å². The van der Waals surface area contributed by atoms with Crippen LogP contribution in [-0.2, 0) is 4.74 Å². The summed E-state index contributed by atoms with van der Waals surface area (Å²) in [6, 6.07) is 8.35. The molecule has 12 heteroatoms. The van der Waals surface area contributed by atoms with Crippen LogP contribution in [0.15, 0.2) is 53.7 Å². The van der Waals surface area contributed by atoms with Crippen LogP contribution in [0.3, 0.4) is 0 Å². The lowest BCUT2D eigenvalue weighted by Crippen LogP contribution is -2.28. The molecule has 4 aromatic heterocycles. The summed E-state index contributed by atoms with van der Waals surface area (Å²) in [6.45, 7) is 3.52. The SMILES string of the molecule is COC(=O)c1c(-c2cc(OC)c(OC)c(OC)c2)c2c(OC)c(C)nc(-c3ncccn3)c2c(=O)n1-c1ccnc(C)c1. The molecule has 0 aliphatic carbocycles. The van der Waals surface area contributed by atoms with Gasteiger partial charge in [-0.1, -0.05) is 0 Å². The second-order valence-corrected chi connectivity index (χ2v) is 9.33. The molecule has 4 heterocycles. The molecule has 0 unspecified atom stereocenters. The molecular formula is C31H29N5O7. The van der Waals surface area contributed by atoms with E-state index in [2.05, 4.69) is 15.0 Å². The van der Waals surface area contributed by atoms with Crippen LogP contribution in [0.5, 0.6) is 23.0 Å². The van der Waals surface area contributed by atoms with Crippen LogP contribution in [0.4, 0.5) is 0 Å². The van der Waals surface area contributed by atoms with Gasteiger partial charge in [-0.15, -0.1) is 0 Å². The molecule has 0 bridgehead atoms. The van der Waals surface area contributed by atoms with Gasteiger partial charge in [0.15, 0.2) is 17.3 Å². The number of hydrogen-bond donors (Lipinski definition) is 0. The molecule has 0 N–H and O–H groups in total. The molecule has 0 saturated heterocycles. The van der Waals surface area contributed by atoms with Crippen molar-refractivity contribution >= 4 is 16.7 Å². The first-order valence-electron chi connectivity index (χ1n) is 13.1. The third-order valence-corrected chi connectivity index (χ3v) is 6.90. The monoisotopic (exact) mass is 583 g/mol. The highest BCUT2D eigenvalue weighted by Gasteiger charge is 2.32. The number of nitrogens with zero attached hydrogens (tertiary/aromatic N) is 5. The van der Waals surface area contributed by atoms with Crippen molar-refractivity contribution in [3.8, 4) is 51.3 Å². The zero-order valence-electron chi connectivity index (χ0n) is 24.7. The van der Waals surface area contributed by atoms with Crippen LogP contribution in [0, 0.1) is 13.8 Å². The van der Waals surface area contributed by atoms with Crippen LogP contribution in [0.2, 0.25) is 0 Å². The molecule has 0 saturated carbocycles. The van der Waals surface area contributed by atoms with Crippen molar-refractivity contribution in [3.63, 3.8) is 0 Å². The fourth-order valence-corrected chi connectivity index (χ4v) is 5.12. The number of aryl methyl sites for hydroxylation is 2. The molecule has 12 nitrogen and oxygen atoms in total. The van der Waals surface area contributed by atoms with E-state index in [1.807, 2.05) is 0 Å². The molecule has 0 atom stereocenters. The predicted molar refractivity (Wildman–Crippen MR) is 159 cm³/mol. The van der Waals surface area contributed by atoms with Gasteiger partial charge in [0.1, 0.15) is 17.1 Å². The molecule has 43 heavy (non-hydrogen) atoms. The van der Waals surface area contributed by atoms with Crippen molar-refractivity contribution in [1.82, 2.24) is 24.5 Å². The maximum Gasteiger partial charge on any atom is 0.355 e. The van der Waals surface area contributed by atoms with Gasteiger partial charge in [-0.05, 0) is 49.7 Å². The van der Waals surface area contributed by atoms with Crippen molar-refractivity contribution in [2.24, 2.45) is 0 Å². The van der Waals surface area contributed by atoms with Crippen LogP contribution in [-0.4, -0.2) is 66.0 Å². The van der Waals surface area contributed by atoms with E-state index < -0.39 is 11.5 Å². The predicted octanol–water partition coefficient (Wildman–Crippen LogP) is 4.34. The normalized spacial score (nSPS) is 10.9. The first-order chi connectivity index (χ1) is 20.8. The summed E-state index contributed by atoms with van der Waals surface area (Å²) in [4.78, 5) is 46.2. The van der Waals surface area contributed by atoms with Gasteiger partial charge in [0.25, 0.3) is 5.56 Å². The minimum absolute atomic E-state index is 0.0660. The number of esters is 1. The number of methoxy groups -OCH3 is 5. The second kappa shape index (κ2) is 11.8. The molecular weight excluding hydrogens is 554 g/mol. The molecule has 0 aliphatic rings. The second-order valence-electron chi connectivity index (χ2n) is 9.33. The maximum atomic E-state index is 14.7. The molecule has 0 aliphatic heterocycles. The Morgan fingerprint density at radius 2 is 1.44 bits per heavy atom. The van der Waals surface area contributed by atoms with Gasteiger partial charge < -0.3 is 23.7 Å². The zero-order valence-corrected chi connectivity index (χ0v) is 24.7. The third-order valence-electron chi connectivity index (χ3n) is 6.90. The molecule has 0 amide bonds. The minimum Gasteiger partial charge on any atom is -0.494 e. The van der Waals surface area contributed by atoms with Gasteiger partial charge in [-0.2, -0.15) is 0 Å². The summed E-state index contributed by atoms with van der Waals surface area (Å²) in [5.74, 6) is 0.725. The largest absolute Gasteiger partial charge is 0.494 e. The number of benzene rings is 1. The number of aromatic nitrogens is 5. The van der Waals surface area contributed by atoms with Crippen molar-refractivity contribution in [2.45, 2.75) is 13.8 Å². The Balaban J connectivity index is 2.15. The van der Waals surface area contributed by atoms with Crippen LogP contribution >= 0.6 is 0 Å². The lowest BCUT2D eigenvalue weighted by Gasteiger charge is -2.23. The number of carbonyl (C=O) groups excluding carboxylic acids is 1. The van der Waals surface area contributed by atoms with Gasteiger partial charge in [0.05, 0.1) is 52.3 Å². The molecule has 1 aromatic carbocycles. The maximum absolute atomic E-state index is 14.7. The quantitative estimate of drug-likeness (QED) is 0.241. The zero-order chi connectivity index (χ0) is 30.8. The van der Waals surface area contributed by atoms with Crippen LogP contribution in [0.1, 0.15) is 21.9 Å². The Labute approximate surface area is 246 Å². The van der Waals surface area contributed by atoms with Crippen molar-refractivity contribution in [2.75, 3.05) is 35.5 Å². The van der Waals surface area contributed by atoms with E-state index in [4.69, 9.17) is 28.7 Å². The lowest BCUT2D eigenvalue weighted by atomic mass is 9.93. The third kappa shape index (κ3) is 4.86. The summed E-state index contributed by atoms with van der Waals surface area (Å²) < 4.78 is 29.3. The number of hydrogen-bond acceptors (Lipinski definition) is 11. The Morgan fingerprint density at radius 3 is 2.00 bits per heavy atom. The van der Waals surface area contributed by atoms with E-state index in [1.165, 1.54) is 40.1 Å². The van der Waals surface area contributed by atoms with Gasteiger partial charge >= 0.3 is 5.97 Å². The average molecular weight is 584 g/mol. The Bertz CT molecular complexity index is 1900. The molecule has 5 aromatic rings. The summed E-state index contributed by atoms with van der Waals surface area (Å²) in [5.41, 5.74) is 1.78. The van der Waals surface area contributed by atoms with Crippen LogP contribution < -0.4 is 24.5 Å². The van der Waals surface area contributed by atoms with Gasteiger partial charge in [-0.3, -0.25) is 14.3 Å². The van der Waals surface area contributed by atoms with Gasteiger partial charge in [0.2, 0.25) is 5.75 Å². The first-order valence-corrected chi connectivity index (χ1v) is 13.1. The molecule has 0 fully saturated rings. The number of ether oxygens (including phenoxy) is 5. The molecule has 5 rings (SSSR count). The summed E-state index contributed by atoms with van der Waals surface area (Å²) in [5, 5.41) is 0.429. The number of fused-ring (bicyclic) bond motifs is 1. The molecule has 220 valence electrons. The van der Waals surface area contributed by atoms with Crippen LogP contribution in [0.25, 0.3) is 39.1 Å². The van der Waals surface area contributed by atoms with E-state index in [-0.39, 0.29) is 28.3 Å². The Hall–Kier alpha value is -5.52. The Kier molecular flexibility index (Phi) is 7.93. The Morgan fingerprint density at radius 1 is 0.791 bits per heavy atom. The molecule has 0 radical (unpaired) electrons. The van der Waals surface area contributed by atoms with Crippen molar-refractivity contribution in [1.29, 1.82) is 0 Å². The van der Waals surface area contributed by atoms with Gasteiger partial charge in [0, 0.05) is 35.2 Å². The van der Waals surface area contributed by atoms with E-state index in [0.29, 0.717) is 50.8 Å². The van der Waals surface area contributed by atoms with E-state index in [9.17, 15) is 9.59 Å². The fraction of sp³-hybridized carbons (Fsp3) is 0.226. The van der Waals surface area contributed by atoms with E-state index >= 15 is 0 Å². The minimum atomic E-state index is -0.772. The number of carbonyl (C=O) groups is 1. The molecule has 0 spiro atoms. The highest BCUT2D eigenvalue weighted by molar-refractivity contribution is 6.12. The standard InChI is InChI=1S/C31H29N5O7/c1-16-13-19(9-12-32-16)36-26(31(38)43-7)22(18-14-20(39-3)28(42-6)21(15-18)40-4)23-24(30(36)37)25(29-33-10-8-11-34-29)35-17(2)27(23)41-5/h8-15H,1-7H3. The number of rotatable bonds is 8. The van der Waals surface area contributed by atoms with Crippen molar-refractivity contribution < 1.29 is 28.5 Å².